The number of aromatic nitrogens is 2. The monoisotopic (exact) mass is 402 g/mol. The number of hydrogen-bond acceptors (Lipinski definition) is 8. The molecule has 0 bridgehead atoms. The minimum absolute atomic E-state index is 0.127. The molecule has 0 spiro atoms. The Balaban J connectivity index is 1.94. The third kappa shape index (κ3) is 4.12. The number of halogens is 1. The lowest BCUT2D eigenvalue weighted by atomic mass is 10.1. The summed E-state index contributed by atoms with van der Waals surface area (Å²) in [5.41, 5.74) is 0.217. The second-order valence-electron chi connectivity index (χ2n) is 5.51. The van der Waals surface area contributed by atoms with E-state index in [1.54, 1.807) is 31.5 Å². The number of rotatable bonds is 7. The molecule has 2 heterocycles. The first-order valence-corrected chi connectivity index (χ1v) is 9.07. The first kappa shape index (κ1) is 19.4. The maximum atomic E-state index is 14.1. The number of esters is 1. The third-order valence-electron chi connectivity index (χ3n) is 3.72. The Labute approximate surface area is 163 Å². The molecule has 0 radical (unpaired) electrons. The molecular weight excluding hydrogens is 387 g/mol. The largest absolute Gasteiger partial charge is 0.462 e. The molecule has 10 heteroatoms. The van der Waals surface area contributed by atoms with E-state index in [0.29, 0.717) is 10.6 Å². The van der Waals surface area contributed by atoms with Crippen LogP contribution in [0.1, 0.15) is 22.2 Å². The summed E-state index contributed by atoms with van der Waals surface area (Å²) in [7, 11) is 0. The molecule has 144 valence electrons. The van der Waals surface area contributed by atoms with E-state index in [4.69, 9.17) is 4.74 Å². The number of thiazole rings is 1. The van der Waals surface area contributed by atoms with Crippen molar-refractivity contribution >= 4 is 28.8 Å². The Kier molecular flexibility index (Phi) is 5.90. The molecule has 3 rings (SSSR count). The number of carbonyl (C=O) groups excluding carboxylic acids is 1. The Hall–Kier alpha value is -3.40. The molecule has 0 fully saturated rings. The van der Waals surface area contributed by atoms with E-state index in [2.05, 4.69) is 15.3 Å². The number of nitro benzene ring substituents is 1. The van der Waals surface area contributed by atoms with Gasteiger partial charge in [0.15, 0.2) is 10.7 Å². The van der Waals surface area contributed by atoms with Crippen LogP contribution in [0.2, 0.25) is 0 Å². The highest BCUT2D eigenvalue weighted by Crippen LogP contribution is 2.32. The van der Waals surface area contributed by atoms with Crippen LogP contribution in [0.25, 0.3) is 10.6 Å². The number of hydrogen-bond donors (Lipinski definition) is 1. The van der Waals surface area contributed by atoms with Crippen LogP contribution in [-0.4, -0.2) is 27.5 Å². The molecule has 3 aromatic rings. The van der Waals surface area contributed by atoms with Crippen molar-refractivity contribution in [3.63, 3.8) is 0 Å². The molecule has 0 saturated carbocycles. The van der Waals surface area contributed by atoms with E-state index < -0.39 is 16.7 Å². The molecule has 8 nitrogen and oxygen atoms in total. The standard InChI is InChI=1S/C18H15FN4O4S/c1-2-27-18(24)15-16(22-17(28-15)11-5-4-8-20-9-11)21-10-12-13(19)6-3-7-14(12)23(25)26/h3-9,21H,2,10H2,1H3. The van der Waals surface area contributed by atoms with Crippen LogP contribution in [0.5, 0.6) is 0 Å². The lowest BCUT2D eigenvalue weighted by molar-refractivity contribution is -0.385. The average Bonchev–Trinajstić information content (AvgIpc) is 3.12. The van der Waals surface area contributed by atoms with Crippen LogP contribution >= 0.6 is 11.3 Å². The van der Waals surface area contributed by atoms with Gasteiger partial charge in [-0.2, -0.15) is 0 Å². The predicted molar refractivity (Wildman–Crippen MR) is 102 cm³/mol. The lowest BCUT2D eigenvalue weighted by Gasteiger charge is -2.07. The average molecular weight is 402 g/mol. The maximum Gasteiger partial charge on any atom is 0.352 e. The van der Waals surface area contributed by atoms with Crippen molar-refractivity contribution in [2.45, 2.75) is 13.5 Å². The van der Waals surface area contributed by atoms with Crippen LogP contribution in [0.3, 0.4) is 0 Å². The van der Waals surface area contributed by atoms with Crippen molar-refractivity contribution in [3.05, 3.63) is 69.1 Å². The fourth-order valence-corrected chi connectivity index (χ4v) is 3.38. The van der Waals surface area contributed by atoms with Gasteiger partial charge >= 0.3 is 5.97 Å². The molecule has 1 aromatic carbocycles. The summed E-state index contributed by atoms with van der Waals surface area (Å²) in [6.07, 6.45) is 3.21. The van der Waals surface area contributed by atoms with Gasteiger partial charge in [0, 0.05) is 24.0 Å². The number of anilines is 1. The molecule has 2 aromatic heterocycles. The SMILES string of the molecule is CCOC(=O)c1sc(-c2cccnc2)nc1NCc1c(F)cccc1[N+](=O)[O-]. The summed E-state index contributed by atoms with van der Waals surface area (Å²) >= 11 is 1.09. The van der Waals surface area contributed by atoms with Gasteiger partial charge in [-0.05, 0) is 25.1 Å². The number of nitrogens with zero attached hydrogens (tertiary/aromatic N) is 3. The van der Waals surface area contributed by atoms with Gasteiger partial charge in [-0.15, -0.1) is 11.3 Å². The topological polar surface area (TPSA) is 107 Å². The van der Waals surface area contributed by atoms with E-state index in [-0.39, 0.29) is 35.1 Å². The smallest absolute Gasteiger partial charge is 0.352 e. The third-order valence-corrected chi connectivity index (χ3v) is 4.80. The summed E-state index contributed by atoms with van der Waals surface area (Å²) < 4.78 is 19.2. The van der Waals surface area contributed by atoms with E-state index in [1.165, 1.54) is 12.1 Å². The Morgan fingerprint density at radius 1 is 1.36 bits per heavy atom. The zero-order chi connectivity index (χ0) is 20.1. The van der Waals surface area contributed by atoms with Gasteiger partial charge in [-0.25, -0.2) is 14.2 Å². The minimum atomic E-state index is -0.720. The van der Waals surface area contributed by atoms with Gasteiger partial charge in [0.2, 0.25) is 0 Å². The lowest BCUT2D eigenvalue weighted by Crippen LogP contribution is -2.10. The maximum absolute atomic E-state index is 14.1. The first-order valence-electron chi connectivity index (χ1n) is 8.25. The number of carbonyl (C=O) groups is 1. The number of benzene rings is 1. The van der Waals surface area contributed by atoms with Gasteiger partial charge in [0.1, 0.15) is 10.8 Å². The van der Waals surface area contributed by atoms with Gasteiger partial charge < -0.3 is 10.1 Å². The quantitative estimate of drug-likeness (QED) is 0.361. The fraction of sp³-hybridized carbons (Fsp3) is 0.167. The normalized spacial score (nSPS) is 10.5. The molecule has 0 atom stereocenters. The minimum Gasteiger partial charge on any atom is -0.462 e. The molecule has 1 N–H and O–H groups in total. The Bertz CT molecular complexity index is 1010. The van der Waals surface area contributed by atoms with E-state index in [0.717, 1.165) is 17.4 Å². The zero-order valence-corrected chi connectivity index (χ0v) is 15.5. The van der Waals surface area contributed by atoms with Crippen molar-refractivity contribution < 1.29 is 18.8 Å². The van der Waals surface area contributed by atoms with Crippen LogP contribution < -0.4 is 5.32 Å². The zero-order valence-electron chi connectivity index (χ0n) is 14.7. The van der Waals surface area contributed by atoms with Crippen LogP contribution in [0, 0.1) is 15.9 Å². The van der Waals surface area contributed by atoms with Crippen molar-refractivity contribution in [1.29, 1.82) is 0 Å². The summed E-state index contributed by atoms with van der Waals surface area (Å²) in [5, 5.41) is 14.5. The molecule has 0 unspecified atom stereocenters. The number of nitro groups is 1. The van der Waals surface area contributed by atoms with Crippen LogP contribution in [0.15, 0.2) is 42.7 Å². The molecular formula is C18H15FN4O4S. The first-order chi connectivity index (χ1) is 13.5. The second kappa shape index (κ2) is 8.53. The van der Waals surface area contributed by atoms with E-state index in [9.17, 15) is 19.3 Å². The summed E-state index contributed by atoms with van der Waals surface area (Å²) in [5.74, 6) is -1.14. The van der Waals surface area contributed by atoms with Gasteiger partial charge in [-0.3, -0.25) is 15.1 Å². The molecule has 28 heavy (non-hydrogen) atoms. The number of nitrogens with one attached hydrogen (secondary N) is 1. The number of pyridine rings is 1. The predicted octanol–water partition coefficient (Wildman–Crippen LogP) is 4.04. The second-order valence-corrected chi connectivity index (χ2v) is 6.51. The molecule has 0 aliphatic rings. The van der Waals surface area contributed by atoms with Crippen molar-refractivity contribution in [2.24, 2.45) is 0 Å². The van der Waals surface area contributed by atoms with Gasteiger partial charge in [0.05, 0.1) is 23.6 Å². The summed E-state index contributed by atoms with van der Waals surface area (Å²) in [6, 6.07) is 7.14. The highest BCUT2D eigenvalue weighted by molar-refractivity contribution is 7.17. The summed E-state index contributed by atoms with van der Waals surface area (Å²) in [4.78, 5) is 31.4. The summed E-state index contributed by atoms with van der Waals surface area (Å²) in [6.45, 7) is 1.64. The van der Waals surface area contributed by atoms with Crippen molar-refractivity contribution in [1.82, 2.24) is 9.97 Å². The van der Waals surface area contributed by atoms with Gasteiger partial charge in [0.25, 0.3) is 5.69 Å². The fourth-order valence-electron chi connectivity index (χ4n) is 2.45. The highest BCUT2D eigenvalue weighted by atomic mass is 32.1. The van der Waals surface area contributed by atoms with Gasteiger partial charge in [-0.1, -0.05) is 6.07 Å². The highest BCUT2D eigenvalue weighted by Gasteiger charge is 2.22. The van der Waals surface area contributed by atoms with Crippen molar-refractivity contribution in [3.8, 4) is 10.6 Å². The molecule has 0 aliphatic carbocycles. The molecule has 0 amide bonds. The Morgan fingerprint density at radius 2 is 2.18 bits per heavy atom. The number of ether oxygens (including phenoxy) is 1. The van der Waals surface area contributed by atoms with E-state index >= 15 is 0 Å². The van der Waals surface area contributed by atoms with Crippen LogP contribution in [-0.2, 0) is 11.3 Å². The molecule has 0 aliphatic heterocycles. The Morgan fingerprint density at radius 3 is 2.86 bits per heavy atom. The van der Waals surface area contributed by atoms with Crippen LogP contribution in [0.4, 0.5) is 15.9 Å². The molecule has 0 saturated heterocycles. The van der Waals surface area contributed by atoms with Crippen molar-refractivity contribution in [2.75, 3.05) is 11.9 Å². The van der Waals surface area contributed by atoms with E-state index in [1.807, 2.05) is 0 Å².